The largest absolute Gasteiger partial charge is 0.369 e. The molecule has 0 spiro atoms. The van der Waals surface area contributed by atoms with Crippen molar-refractivity contribution < 1.29 is 14.4 Å². The van der Waals surface area contributed by atoms with E-state index in [2.05, 4.69) is 5.32 Å². The normalized spacial score (nSPS) is 16.0. The van der Waals surface area contributed by atoms with Gasteiger partial charge in [-0.25, -0.2) is 0 Å². The van der Waals surface area contributed by atoms with Crippen LogP contribution in [0.5, 0.6) is 0 Å². The molecule has 148 valence electrons. The van der Waals surface area contributed by atoms with Crippen molar-refractivity contribution in [1.82, 2.24) is 4.90 Å². The first-order valence-electron chi connectivity index (χ1n) is 9.08. The summed E-state index contributed by atoms with van der Waals surface area (Å²) in [5.41, 5.74) is 6.58. The number of nitrogens with zero attached hydrogens (tertiary/aromatic N) is 2. The number of halogens is 1. The number of carbonyl (C=O) groups excluding carboxylic acids is 3. The lowest BCUT2D eigenvalue weighted by molar-refractivity contribution is -0.123. The molecule has 3 amide bonds. The fraction of sp³-hybridized carbons (Fsp3) is 0.238. The van der Waals surface area contributed by atoms with E-state index in [4.69, 9.17) is 22.6 Å². The van der Waals surface area contributed by atoms with Crippen LogP contribution in [0, 0.1) is 17.2 Å². The number of rotatable bonds is 4. The number of likely N-dealkylation sites (tertiary alicyclic amines) is 1. The van der Waals surface area contributed by atoms with E-state index in [-0.39, 0.29) is 18.0 Å². The van der Waals surface area contributed by atoms with Crippen LogP contribution in [0.2, 0.25) is 5.02 Å². The second-order valence-corrected chi connectivity index (χ2v) is 7.27. The van der Waals surface area contributed by atoms with Gasteiger partial charge in [0.15, 0.2) is 0 Å². The summed E-state index contributed by atoms with van der Waals surface area (Å²) in [6, 6.07) is 12.8. The maximum atomic E-state index is 13.1. The first kappa shape index (κ1) is 20.4. The van der Waals surface area contributed by atoms with Crippen molar-refractivity contribution in [3.05, 3.63) is 64.2 Å². The second kappa shape index (κ2) is 8.76. The first-order valence-corrected chi connectivity index (χ1v) is 9.46. The van der Waals surface area contributed by atoms with Crippen LogP contribution in [0.1, 0.15) is 39.1 Å². The highest BCUT2D eigenvalue weighted by molar-refractivity contribution is 6.31. The molecule has 7 nitrogen and oxygen atoms in total. The van der Waals surface area contributed by atoms with Crippen molar-refractivity contribution >= 4 is 35.0 Å². The number of hydrogen-bond donors (Lipinski definition) is 2. The predicted octanol–water partition coefficient (Wildman–Crippen LogP) is 2.80. The number of carbonyl (C=O) groups is 3. The molecule has 1 heterocycles. The number of benzene rings is 2. The Morgan fingerprint density at radius 2 is 2.00 bits per heavy atom. The zero-order valence-electron chi connectivity index (χ0n) is 15.5. The molecule has 0 aliphatic carbocycles. The average molecular weight is 411 g/mol. The number of hydrogen-bond acceptors (Lipinski definition) is 4. The number of anilines is 1. The van der Waals surface area contributed by atoms with E-state index in [1.165, 1.54) is 12.1 Å². The van der Waals surface area contributed by atoms with E-state index < -0.39 is 17.7 Å². The highest BCUT2D eigenvalue weighted by Crippen LogP contribution is 2.26. The third-order valence-electron chi connectivity index (χ3n) is 4.83. The van der Waals surface area contributed by atoms with Gasteiger partial charge in [-0.15, -0.1) is 0 Å². The van der Waals surface area contributed by atoms with Gasteiger partial charge < -0.3 is 16.0 Å². The van der Waals surface area contributed by atoms with E-state index in [1.807, 2.05) is 6.07 Å². The third-order valence-corrected chi connectivity index (χ3v) is 5.06. The van der Waals surface area contributed by atoms with Crippen molar-refractivity contribution in [3.8, 4) is 6.07 Å². The molecule has 1 unspecified atom stereocenters. The number of nitrogens with one attached hydrogen (secondary N) is 1. The minimum atomic E-state index is -0.452. The van der Waals surface area contributed by atoms with Gasteiger partial charge >= 0.3 is 0 Å². The minimum absolute atomic E-state index is 0.229. The van der Waals surface area contributed by atoms with Gasteiger partial charge in [0, 0.05) is 23.7 Å². The van der Waals surface area contributed by atoms with Crippen LogP contribution >= 0.6 is 11.6 Å². The van der Waals surface area contributed by atoms with Crippen molar-refractivity contribution in [3.63, 3.8) is 0 Å². The smallest absolute Gasteiger partial charge is 0.256 e. The van der Waals surface area contributed by atoms with Gasteiger partial charge in [-0.2, -0.15) is 5.26 Å². The van der Waals surface area contributed by atoms with E-state index in [0.717, 1.165) is 0 Å². The predicted molar refractivity (Wildman–Crippen MR) is 108 cm³/mol. The first-order chi connectivity index (χ1) is 13.9. The lowest BCUT2D eigenvalue weighted by Gasteiger charge is -2.31. The zero-order chi connectivity index (χ0) is 21.0. The quantitative estimate of drug-likeness (QED) is 0.805. The zero-order valence-corrected chi connectivity index (χ0v) is 16.3. The summed E-state index contributed by atoms with van der Waals surface area (Å²) < 4.78 is 0. The Bertz CT molecular complexity index is 1020. The summed E-state index contributed by atoms with van der Waals surface area (Å²) in [4.78, 5) is 38.8. The minimum Gasteiger partial charge on any atom is -0.369 e. The highest BCUT2D eigenvalue weighted by Gasteiger charge is 2.29. The molecule has 3 N–H and O–H groups in total. The van der Waals surface area contributed by atoms with Gasteiger partial charge in [0.05, 0.1) is 28.8 Å². The molecule has 1 fully saturated rings. The molecule has 0 saturated carbocycles. The van der Waals surface area contributed by atoms with Crippen molar-refractivity contribution in [1.29, 1.82) is 5.26 Å². The lowest BCUT2D eigenvalue weighted by atomic mass is 9.96. The maximum absolute atomic E-state index is 13.1. The van der Waals surface area contributed by atoms with Crippen LogP contribution < -0.4 is 11.1 Å². The Labute approximate surface area is 173 Å². The van der Waals surface area contributed by atoms with E-state index in [0.29, 0.717) is 41.2 Å². The summed E-state index contributed by atoms with van der Waals surface area (Å²) >= 11 is 6.08. The van der Waals surface area contributed by atoms with Crippen molar-refractivity contribution in [2.75, 3.05) is 18.4 Å². The Hall–Kier alpha value is -3.37. The molecule has 0 aromatic heterocycles. The molecule has 1 saturated heterocycles. The Kier molecular flexibility index (Phi) is 6.15. The molecule has 0 bridgehead atoms. The molecular weight excluding hydrogens is 392 g/mol. The highest BCUT2D eigenvalue weighted by atomic mass is 35.5. The van der Waals surface area contributed by atoms with Crippen LogP contribution in [0.3, 0.4) is 0 Å². The summed E-state index contributed by atoms with van der Waals surface area (Å²) in [7, 11) is 0. The summed E-state index contributed by atoms with van der Waals surface area (Å²) in [6.45, 7) is 0.727. The Balaban J connectivity index is 1.86. The molecule has 2 aromatic carbocycles. The third kappa shape index (κ3) is 4.73. The van der Waals surface area contributed by atoms with E-state index >= 15 is 0 Å². The lowest BCUT2D eigenvalue weighted by Crippen LogP contribution is -2.44. The molecule has 1 aliphatic heterocycles. The van der Waals surface area contributed by atoms with Gasteiger partial charge in [-0.1, -0.05) is 17.7 Å². The fourth-order valence-electron chi connectivity index (χ4n) is 3.29. The molecule has 1 aliphatic rings. The van der Waals surface area contributed by atoms with Gasteiger partial charge in [0.1, 0.15) is 0 Å². The molecule has 1 atom stereocenters. The molecule has 0 radical (unpaired) electrons. The number of amides is 3. The standard InChI is InChI=1S/C21H19ClN4O3/c22-16-6-7-18(25-20(28)14-4-1-3-13(9-14)11-23)17(10-16)21(29)26-8-2-5-15(12-26)19(24)27/h1,3-4,6-7,9-10,15H,2,5,8,12H2,(H2,24,27)(H,25,28). The number of piperidine rings is 1. The second-order valence-electron chi connectivity index (χ2n) is 6.83. The van der Waals surface area contributed by atoms with Gasteiger partial charge in [0.2, 0.25) is 5.91 Å². The summed E-state index contributed by atoms with van der Waals surface area (Å²) in [6.07, 6.45) is 1.32. The molecule has 8 heteroatoms. The molecular formula is C21H19ClN4O3. The van der Waals surface area contributed by atoms with Crippen LogP contribution in [-0.4, -0.2) is 35.7 Å². The van der Waals surface area contributed by atoms with Crippen LogP contribution in [0.15, 0.2) is 42.5 Å². The SMILES string of the molecule is N#Cc1cccc(C(=O)Nc2ccc(Cl)cc2C(=O)N2CCCC(C(N)=O)C2)c1. The topological polar surface area (TPSA) is 116 Å². The Morgan fingerprint density at radius 1 is 1.21 bits per heavy atom. The monoisotopic (exact) mass is 410 g/mol. The van der Waals surface area contributed by atoms with Gasteiger partial charge in [0.25, 0.3) is 11.8 Å². The van der Waals surface area contributed by atoms with Gasteiger partial charge in [-0.05, 0) is 49.2 Å². The van der Waals surface area contributed by atoms with E-state index in [1.54, 1.807) is 35.2 Å². The van der Waals surface area contributed by atoms with Crippen molar-refractivity contribution in [2.45, 2.75) is 12.8 Å². The summed E-state index contributed by atoms with van der Waals surface area (Å²) in [5.74, 6) is -1.61. The molecule has 3 rings (SSSR count). The fourth-order valence-corrected chi connectivity index (χ4v) is 3.46. The van der Waals surface area contributed by atoms with Gasteiger partial charge in [-0.3, -0.25) is 14.4 Å². The van der Waals surface area contributed by atoms with Crippen LogP contribution in [0.25, 0.3) is 0 Å². The number of primary amides is 1. The number of nitriles is 1. The maximum Gasteiger partial charge on any atom is 0.256 e. The van der Waals surface area contributed by atoms with Crippen LogP contribution in [0.4, 0.5) is 5.69 Å². The average Bonchev–Trinajstić information content (AvgIpc) is 2.74. The summed E-state index contributed by atoms with van der Waals surface area (Å²) in [5, 5.41) is 12.1. The molecule has 2 aromatic rings. The van der Waals surface area contributed by atoms with Crippen LogP contribution in [-0.2, 0) is 4.79 Å². The molecule has 29 heavy (non-hydrogen) atoms. The van der Waals surface area contributed by atoms with E-state index in [9.17, 15) is 14.4 Å². The van der Waals surface area contributed by atoms with Crippen molar-refractivity contribution in [2.24, 2.45) is 11.7 Å². The Morgan fingerprint density at radius 3 is 2.72 bits per heavy atom. The number of nitrogens with two attached hydrogens (primary N) is 1.